The first-order chi connectivity index (χ1) is 7.93. The van der Waals surface area contributed by atoms with E-state index in [4.69, 9.17) is 9.73 Å². The first-order valence-corrected chi connectivity index (χ1v) is 6.19. The number of ether oxygens (including phenoxy) is 1. The lowest BCUT2D eigenvalue weighted by Crippen LogP contribution is -2.10. The number of benzene rings is 1. The van der Waals surface area contributed by atoms with Gasteiger partial charge in [-0.3, -0.25) is 0 Å². The fraction of sp³-hybridized carbons (Fsp3) is 0.500. The molecular weight excluding hydrogens is 198 g/mol. The van der Waals surface area contributed by atoms with E-state index in [9.17, 15) is 0 Å². The van der Waals surface area contributed by atoms with Gasteiger partial charge in [-0.1, -0.05) is 43.2 Å². The minimum atomic E-state index is 0.233. The Bertz CT molecular complexity index is 379. The van der Waals surface area contributed by atoms with Crippen molar-refractivity contribution in [3.8, 4) is 0 Å². The van der Waals surface area contributed by atoms with Gasteiger partial charge in [0.2, 0.25) is 0 Å². The van der Waals surface area contributed by atoms with E-state index in [-0.39, 0.29) is 6.04 Å². The molecule has 1 saturated carbocycles. The van der Waals surface area contributed by atoms with Crippen LogP contribution in [0.4, 0.5) is 0 Å². The summed E-state index contributed by atoms with van der Waals surface area (Å²) in [6.45, 7) is 0.732. The molecule has 1 aliphatic heterocycles. The summed E-state index contributed by atoms with van der Waals surface area (Å²) in [4.78, 5) is 4.73. The molecule has 1 heterocycles. The Kier molecular flexibility index (Phi) is 2.65. The zero-order chi connectivity index (χ0) is 10.8. The van der Waals surface area contributed by atoms with Crippen LogP contribution in [0.5, 0.6) is 0 Å². The molecule has 0 saturated heterocycles. The highest BCUT2D eigenvalue weighted by Gasteiger charge is 2.28. The van der Waals surface area contributed by atoms with Gasteiger partial charge in [0.15, 0.2) is 5.90 Å². The molecule has 0 amide bonds. The second-order valence-corrected chi connectivity index (χ2v) is 4.69. The molecule has 3 rings (SSSR count). The molecule has 0 bridgehead atoms. The average Bonchev–Trinajstić information content (AvgIpc) is 3.01. The normalized spacial score (nSPS) is 25.5. The summed E-state index contributed by atoms with van der Waals surface area (Å²) in [6.07, 6.45) is 5.20. The van der Waals surface area contributed by atoms with Crippen molar-refractivity contribution in [1.29, 1.82) is 0 Å². The van der Waals surface area contributed by atoms with E-state index in [1.807, 2.05) is 6.07 Å². The van der Waals surface area contributed by atoms with Crippen LogP contribution in [-0.2, 0) is 4.74 Å². The Hall–Kier alpha value is -1.31. The molecule has 0 aromatic heterocycles. The van der Waals surface area contributed by atoms with E-state index >= 15 is 0 Å². The summed E-state index contributed by atoms with van der Waals surface area (Å²) in [6, 6.07) is 10.7. The van der Waals surface area contributed by atoms with Crippen molar-refractivity contribution in [2.45, 2.75) is 31.7 Å². The lowest BCUT2D eigenvalue weighted by atomic mass is 10.1. The van der Waals surface area contributed by atoms with E-state index in [0.29, 0.717) is 5.92 Å². The van der Waals surface area contributed by atoms with E-state index in [2.05, 4.69) is 24.3 Å². The number of rotatable bonds is 2. The fourth-order valence-electron chi connectivity index (χ4n) is 2.63. The molecule has 1 atom stereocenters. The third-order valence-corrected chi connectivity index (χ3v) is 3.56. The maximum atomic E-state index is 5.75. The molecule has 84 valence electrons. The van der Waals surface area contributed by atoms with Gasteiger partial charge in [-0.2, -0.15) is 0 Å². The molecule has 0 radical (unpaired) electrons. The second kappa shape index (κ2) is 4.28. The Morgan fingerprint density at radius 2 is 1.81 bits per heavy atom. The summed E-state index contributed by atoms with van der Waals surface area (Å²) >= 11 is 0. The predicted molar refractivity (Wildman–Crippen MR) is 64.5 cm³/mol. The minimum absolute atomic E-state index is 0.233. The van der Waals surface area contributed by atoms with Gasteiger partial charge < -0.3 is 4.74 Å². The quantitative estimate of drug-likeness (QED) is 0.741. The van der Waals surface area contributed by atoms with Crippen molar-refractivity contribution < 1.29 is 4.74 Å². The van der Waals surface area contributed by atoms with Crippen molar-refractivity contribution in [2.75, 3.05) is 6.61 Å². The Labute approximate surface area is 96.3 Å². The van der Waals surface area contributed by atoms with Gasteiger partial charge >= 0.3 is 0 Å². The molecule has 0 unspecified atom stereocenters. The number of hydrogen-bond acceptors (Lipinski definition) is 2. The lowest BCUT2D eigenvalue weighted by Gasteiger charge is -2.06. The average molecular weight is 215 g/mol. The van der Waals surface area contributed by atoms with Gasteiger partial charge in [0, 0.05) is 5.92 Å². The molecule has 1 aliphatic carbocycles. The number of nitrogens with zero attached hydrogens (tertiary/aromatic N) is 1. The third-order valence-electron chi connectivity index (χ3n) is 3.56. The molecule has 1 fully saturated rings. The summed E-state index contributed by atoms with van der Waals surface area (Å²) in [5.74, 6) is 1.63. The van der Waals surface area contributed by atoms with Gasteiger partial charge in [0.05, 0.1) is 0 Å². The monoisotopic (exact) mass is 215 g/mol. The van der Waals surface area contributed by atoms with Crippen molar-refractivity contribution in [1.82, 2.24) is 0 Å². The van der Waals surface area contributed by atoms with Gasteiger partial charge in [-0.25, -0.2) is 4.99 Å². The van der Waals surface area contributed by atoms with Crippen LogP contribution in [0.2, 0.25) is 0 Å². The van der Waals surface area contributed by atoms with Crippen molar-refractivity contribution >= 4 is 5.90 Å². The largest absolute Gasteiger partial charge is 0.478 e. The Balaban J connectivity index is 1.75. The highest BCUT2D eigenvalue weighted by atomic mass is 16.5. The summed E-state index contributed by atoms with van der Waals surface area (Å²) < 4.78 is 5.75. The van der Waals surface area contributed by atoms with Crippen LogP contribution < -0.4 is 0 Å². The van der Waals surface area contributed by atoms with Crippen LogP contribution in [0.1, 0.15) is 37.3 Å². The molecule has 16 heavy (non-hydrogen) atoms. The SMILES string of the molecule is c1ccc([C@@H]2COC(C3CCCC3)=N2)cc1. The molecular formula is C14H17NO. The van der Waals surface area contributed by atoms with Crippen LogP contribution in [0.15, 0.2) is 35.3 Å². The molecule has 0 N–H and O–H groups in total. The maximum absolute atomic E-state index is 5.75. The summed E-state index contributed by atoms with van der Waals surface area (Å²) in [5.41, 5.74) is 1.27. The third kappa shape index (κ3) is 1.84. The van der Waals surface area contributed by atoms with Crippen LogP contribution in [-0.4, -0.2) is 12.5 Å². The number of aliphatic imine (C=N–C) groups is 1. The fourth-order valence-corrected chi connectivity index (χ4v) is 2.63. The highest BCUT2D eigenvalue weighted by molar-refractivity contribution is 5.80. The van der Waals surface area contributed by atoms with Gasteiger partial charge in [0.25, 0.3) is 0 Å². The smallest absolute Gasteiger partial charge is 0.187 e. The standard InChI is InChI=1S/C14H17NO/c1-2-6-11(7-3-1)13-10-16-14(15-13)12-8-4-5-9-12/h1-3,6-7,12-13H,4-5,8-10H2/t13-/m0/s1. The van der Waals surface area contributed by atoms with E-state index in [0.717, 1.165) is 12.5 Å². The van der Waals surface area contributed by atoms with E-state index < -0.39 is 0 Å². The second-order valence-electron chi connectivity index (χ2n) is 4.69. The molecule has 2 nitrogen and oxygen atoms in total. The van der Waals surface area contributed by atoms with Crippen molar-refractivity contribution in [2.24, 2.45) is 10.9 Å². The topological polar surface area (TPSA) is 21.6 Å². The van der Waals surface area contributed by atoms with Crippen molar-refractivity contribution in [3.05, 3.63) is 35.9 Å². The van der Waals surface area contributed by atoms with Crippen LogP contribution in [0.3, 0.4) is 0 Å². The zero-order valence-electron chi connectivity index (χ0n) is 9.43. The van der Waals surface area contributed by atoms with Crippen LogP contribution >= 0.6 is 0 Å². The maximum Gasteiger partial charge on any atom is 0.187 e. The molecule has 2 heteroatoms. The van der Waals surface area contributed by atoms with Gasteiger partial charge in [-0.15, -0.1) is 0 Å². The van der Waals surface area contributed by atoms with Crippen LogP contribution in [0, 0.1) is 5.92 Å². The van der Waals surface area contributed by atoms with Crippen molar-refractivity contribution in [3.63, 3.8) is 0 Å². The van der Waals surface area contributed by atoms with Crippen LogP contribution in [0.25, 0.3) is 0 Å². The summed E-state index contributed by atoms with van der Waals surface area (Å²) in [5, 5.41) is 0. The molecule has 1 aromatic carbocycles. The predicted octanol–water partition coefficient (Wildman–Crippen LogP) is 3.35. The zero-order valence-corrected chi connectivity index (χ0v) is 9.43. The minimum Gasteiger partial charge on any atom is -0.478 e. The Morgan fingerprint density at radius 3 is 2.56 bits per heavy atom. The van der Waals surface area contributed by atoms with E-state index in [1.165, 1.54) is 31.2 Å². The molecule has 2 aliphatic rings. The van der Waals surface area contributed by atoms with Gasteiger partial charge in [-0.05, 0) is 18.4 Å². The molecule has 1 aromatic rings. The number of hydrogen-bond donors (Lipinski definition) is 0. The first kappa shape index (κ1) is 9.88. The highest BCUT2D eigenvalue weighted by Crippen LogP contribution is 2.32. The lowest BCUT2D eigenvalue weighted by molar-refractivity contribution is 0.299. The Morgan fingerprint density at radius 1 is 1.06 bits per heavy atom. The van der Waals surface area contributed by atoms with Gasteiger partial charge in [0.1, 0.15) is 12.6 Å². The summed E-state index contributed by atoms with van der Waals surface area (Å²) in [7, 11) is 0. The first-order valence-electron chi connectivity index (χ1n) is 6.19. The molecule has 0 spiro atoms. The van der Waals surface area contributed by atoms with E-state index in [1.54, 1.807) is 0 Å².